The number of nitrogens with two attached hydrogens (primary N) is 1. The maximum absolute atomic E-state index is 5.60. The Kier molecular flexibility index (Phi) is 4.09. The largest absolute Gasteiger partial charge is 0.399 e. The molecule has 0 saturated heterocycles. The maximum Gasteiger partial charge on any atom is 0.0612 e. The molecular formula is C6H6BrCl2N. The van der Waals surface area contributed by atoms with E-state index in [-0.39, 0.29) is 17.0 Å². The summed E-state index contributed by atoms with van der Waals surface area (Å²) in [5, 5.41) is 1.03. The van der Waals surface area contributed by atoms with E-state index in [4.69, 9.17) is 28.9 Å². The van der Waals surface area contributed by atoms with Gasteiger partial charge in [-0.05, 0) is 18.2 Å². The van der Waals surface area contributed by atoms with E-state index >= 15 is 0 Å². The first-order valence-electron chi connectivity index (χ1n) is 2.40. The second-order valence-electron chi connectivity index (χ2n) is 1.67. The lowest BCUT2D eigenvalue weighted by Crippen LogP contribution is -1.82. The predicted molar refractivity (Wildman–Crippen MR) is 51.2 cm³/mol. The monoisotopic (exact) mass is 241 g/mol. The molecule has 56 valence electrons. The summed E-state index contributed by atoms with van der Waals surface area (Å²) in [6.07, 6.45) is 0. The van der Waals surface area contributed by atoms with Crippen LogP contribution >= 0.6 is 40.2 Å². The van der Waals surface area contributed by atoms with Crippen molar-refractivity contribution in [2.24, 2.45) is 0 Å². The fraction of sp³-hybridized carbons (Fsp3) is 0. The molecule has 10 heavy (non-hydrogen) atoms. The van der Waals surface area contributed by atoms with Crippen molar-refractivity contribution >= 4 is 45.9 Å². The van der Waals surface area contributed by atoms with Crippen molar-refractivity contribution < 1.29 is 0 Å². The van der Waals surface area contributed by atoms with Crippen molar-refractivity contribution in [3.63, 3.8) is 0 Å². The summed E-state index contributed by atoms with van der Waals surface area (Å²) in [5.41, 5.74) is 6.01. The van der Waals surface area contributed by atoms with Gasteiger partial charge in [-0.2, -0.15) is 0 Å². The number of hydrogen-bond acceptors (Lipinski definition) is 1. The number of hydrogen-bond donors (Lipinski definition) is 1. The van der Waals surface area contributed by atoms with Gasteiger partial charge in [-0.1, -0.05) is 23.2 Å². The van der Waals surface area contributed by atoms with Crippen LogP contribution in [0.2, 0.25) is 10.0 Å². The van der Waals surface area contributed by atoms with Crippen LogP contribution in [0, 0.1) is 0 Å². The summed E-state index contributed by atoms with van der Waals surface area (Å²) in [6.45, 7) is 0. The Labute approximate surface area is 79.9 Å². The Hall–Kier alpha value is 0.0800. The Morgan fingerprint density at radius 1 is 1.10 bits per heavy atom. The topological polar surface area (TPSA) is 26.0 Å². The normalized spacial score (nSPS) is 8.60. The highest BCUT2D eigenvalue weighted by atomic mass is 79.9. The van der Waals surface area contributed by atoms with Crippen LogP contribution in [0.4, 0.5) is 5.69 Å². The fourth-order valence-electron chi connectivity index (χ4n) is 0.512. The summed E-state index contributed by atoms with van der Waals surface area (Å²) in [5.74, 6) is 0. The van der Waals surface area contributed by atoms with E-state index in [1.807, 2.05) is 0 Å². The van der Waals surface area contributed by atoms with Crippen molar-refractivity contribution in [2.45, 2.75) is 0 Å². The molecule has 4 heteroatoms. The van der Waals surface area contributed by atoms with Gasteiger partial charge in [-0.25, -0.2) is 0 Å². The zero-order valence-corrected chi connectivity index (χ0v) is 8.20. The molecule has 0 aliphatic carbocycles. The second kappa shape index (κ2) is 4.06. The highest BCUT2D eigenvalue weighted by Crippen LogP contribution is 2.23. The molecule has 0 saturated carbocycles. The maximum atomic E-state index is 5.60. The van der Waals surface area contributed by atoms with Crippen LogP contribution in [0.25, 0.3) is 0 Å². The first-order valence-corrected chi connectivity index (χ1v) is 3.16. The van der Waals surface area contributed by atoms with E-state index in [1.54, 1.807) is 18.2 Å². The van der Waals surface area contributed by atoms with Gasteiger partial charge in [0.15, 0.2) is 0 Å². The third-order valence-electron chi connectivity index (χ3n) is 0.944. The Bertz CT molecular complexity index is 227. The van der Waals surface area contributed by atoms with Gasteiger partial charge in [-0.3, -0.25) is 0 Å². The quantitative estimate of drug-likeness (QED) is 0.695. The summed E-state index contributed by atoms with van der Waals surface area (Å²) in [7, 11) is 0. The number of rotatable bonds is 0. The molecule has 0 amide bonds. The van der Waals surface area contributed by atoms with E-state index in [9.17, 15) is 0 Å². The highest BCUT2D eigenvalue weighted by Gasteiger charge is 1.94. The minimum atomic E-state index is 0. The molecule has 0 bridgehead atoms. The van der Waals surface area contributed by atoms with Crippen molar-refractivity contribution in [1.82, 2.24) is 0 Å². The van der Waals surface area contributed by atoms with Crippen molar-refractivity contribution in [3.05, 3.63) is 28.2 Å². The van der Waals surface area contributed by atoms with Crippen molar-refractivity contribution in [3.8, 4) is 0 Å². The smallest absolute Gasteiger partial charge is 0.0612 e. The van der Waals surface area contributed by atoms with E-state index in [0.29, 0.717) is 15.7 Å². The third-order valence-corrected chi connectivity index (χ3v) is 1.68. The molecule has 1 rings (SSSR count). The summed E-state index contributed by atoms with van der Waals surface area (Å²) < 4.78 is 0. The SMILES string of the molecule is Br.Nc1ccc(Cl)c(Cl)c1. The molecule has 0 radical (unpaired) electrons. The Balaban J connectivity index is 0.000000810. The van der Waals surface area contributed by atoms with E-state index in [1.165, 1.54) is 0 Å². The number of anilines is 1. The fourth-order valence-corrected chi connectivity index (χ4v) is 0.819. The molecule has 1 aromatic rings. The summed E-state index contributed by atoms with van der Waals surface area (Å²) in [6, 6.07) is 4.98. The van der Waals surface area contributed by atoms with Gasteiger partial charge in [0, 0.05) is 5.69 Å². The van der Waals surface area contributed by atoms with Crippen LogP contribution in [-0.2, 0) is 0 Å². The molecule has 0 heterocycles. The Morgan fingerprint density at radius 3 is 2.10 bits per heavy atom. The van der Waals surface area contributed by atoms with Crippen LogP contribution in [-0.4, -0.2) is 0 Å². The van der Waals surface area contributed by atoms with Gasteiger partial charge in [0.2, 0.25) is 0 Å². The average Bonchev–Trinajstić information content (AvgIpc) is 1.80. The molecule has 0 atom stereocenters. The molecule has 0 aliphatic heterocycles. The zero-order chi connectivity index (χ0) is 6.85. The lowest BCUT2D eigenvalue weighted by atomic mass is 10.3. The van der Waals surface area contributed by atoms with Crippen LogP contribution in [0.3, 0.4) is 0 Å². The van der Waals surface area contributed by atoms with Crippen molar-refractivity contribution in [1.29, 1.82) is 0 Å². The van der Waals surface area contributed by atoms with Gasteiger partial charge in [-0.15, -0.1) is 17.0 Å². The first-order chi connectivity index (χ1) is 4.20. The number of benzene rings is 1. The second-order valence-corrected chi connectivity index (χ2v) is 2.49. The Morgan fingerprint density at radius 2 is 1.70 bits per heavy atom. The molecule has 0 fully saturated rings. The van der Waals surface area contributed by atoms with E-state index in [0.717, 1.165) is 0 Å². The van der Waals surface area contributed by atoms with E-state index < -0.39 is 0 Å². The van der Waals surface area contributed by atoms with Gasteiger partial charge in [0.1, 0.15) is 0 Å². The van der Waals surface area contributed by atoms with E-state index in [2.05, 4.69) is 0 Å². The number of halogens is 3. The summed E-state index contributed by atoms with van der Waals surface area (Å²) in [4.78, 5) is 0. The lowest BCUT2D eigenvalue weighted by Gasteiger charge is -1.94. The molecule has 0 aliphatic rings. The minimum absolute atomic E-state index is 0. The van der Waals surface area contributed by atoms with Crippen LogP contribution in [0.5, 0.6) is 0 Å². The minimum Gasteiger partial charge on any atom is -0.399 e. The predicted octanol–water partition coefficient (Wildman–Crippen LogP) is 3.15. The first kappa shape index (κ1) is 10.1. The van der Waals surface area contributed by atoms with Crippen LogP contribution in [0.15, 0.2) is 18.2 Å². The van der Waals surface area contributed by atoms with Crippen LogP contribution < -0.4 is 5.73 Å². The third kappa shape index (κ3) is 2.37. The molecule has 0 unspecified atom stereocenters. The summed E-state index contributed by atoms with van der Waals surface area (Å²) >= 11 is 11.2. The molecule has 2 N–H and O–H groups in total. The van der Waals surface area contributed by atoms with Gasteiger partial charge in [0.25, 0.3) is 0 Å². The van der Waals surface area contributed by atoms with Gasteiger partial charge in [0.05, 0.1) is 10.0 Å². The molecule has 1 aromatic carbocycles. The molecule has 0 spiro atoms. The van der Waals surface area contributed by atoms with Gasteiger partial charge >= 0.3 is 0 Å². The zero-order valence-electron chi connectivity index (χ0n) is 4.97. The molecule has 1 nitrogen and oxygen atoms in total. The molecule has 0 aromatic heterocycles. The standard InChI is InChI=1S/C6H5Cl2N.BrH/c7-5-2-1-4(9)3-6(5)8;/h1-3H,9H2;1H. The van der Waals surface area contributed by atoms with Crippen LogP contribution in [0.1, 0.15) is 0 Å². The molecular weight excluding hydrogens is 237 g/mol. The number of nitrogen functional groups attached to an aromatic ring is 1. The lowest BCUT2D eigenvalue weighted by molar-refractivity contribution is 1.68. The average molecular weight is 243 g/mol. The van der Waals surface area contributed by atoms with Gasteiger partial charge < -0.3 is 5.73 Å². The van der Waals surface area contributed by atoms with Crippen molar-refractivity contribution in [2.75, 3.05) is 5.73 Å². The highest BCUT2D eigenvalue weighted by molar-refractivity contribution is 8.93.